The standard InChI is InChI=1S/C25H32BrN3O2/c1-28-13-11-19(15-24(28)30)22-10-12-27-16-23(22)25(31)29(21-8-9-21)17-18-6-4-2-3-5-7-20(26)14-18/h3,5-7,11,13,15,21-23,27H,2,4,8-10,12,14,16-17H2,1H3/b5-3-,18-6?,20-7+/t22-,23+/m1/s1. The van der Waals surface area contributed by atoms with E-state index in [2.05, 4.69) is 50.5 Å². The van der Waals surface area contributed by atoms with Crippen LogP contribution in [-0.4, -0.2) is 41.1 Å². The first-order valence-electron chi connectivity index (χ1n) is 11.4. The average Bonchev–Trinajstić information content (AvgIpc) is 3.59. The van der Waals surface area contributed by atoms with Crippen LogP contribution in [0.25, 0.3) is 0 Å². The van der Waals surface area contributed by atoms with E-state index in [4.69, 9.17) is 0 Å². The smallest absolute Gasteiger partial charge is 0.250 e. The molecule has 1 N–H and O–H groups in total. The van der Waals surface area contributed by atoms with Gasteiger partial charge in [-0.25, -0.2) is 0 Å². The van der Waals surface area contributed by atoms with E-state index < -0.39 is 0 Å². The molecule has 0 unspecified atom stereocenters. The molecule has 1 aromatic heterocycles. The first kappa shape index (κ1) is 22.3. The Kier molecular flexibility index (Phi) is 7.28. The fourth-order valence-electron chi connectivity index (χ4n) is 4.64. The van der Waals surface area contributed by atoms with E-state index in [9.17, 15) is 9.59 Å². The molecule has 0 radical (unpaired) electrons. The fraction of sp³-hybridized carbons (Fsp3) is 0.520. The van der Waals surface area contributed by atoms with E-state index in [0.29, 0.717) is 19.1 Å². The van der Waals surface area contributed by atoms with Crippen molar-refractivity contribution in [1.29, 1.82) is 0 Å². The summed E-state index contributed by atoms with van der Waals surface area (Å²) in [7, 11) is 1.76. The van der Waals surface area contributed by atoms with Gasteiger partial charge in [-0.2, -0.15) is 0 Å². The molecule has 1 saturated heterocycles. The summed E-state index contributed by atoms with van der Waals surface area (Å²) in [5.41, 5.74) is 2.29. The maximum absolute atomic E-state index is 13.8. The second-order valence-electron chi connectivity index (χ2n) is 8.97. The van der Waals surface area contributed by atoms with Gasteiger partial charge in [0, 0.05) is 44.9 Å². The maximum atomic E-state index is 13.8. The fourth-order valence-corrected chi connectivity index (χ4v) is 5.15. The SMILES string of the molecule is Cn1ccc([C@H]2CCNC[C@@H]2C(=O)N(CC2=CCC/C=C\C=C(\Br)C2)C2CC2)cc1=O. The van der Waals surface area contributed by atoms with E-state index in [1.54, 1.807) is 17.7 Å². The highest BCUT2D eigenvalue weighted by Crippen LogP contribution is 2.36. The maximum Gasteiger partial charge on any atom is 0.250 e. The van der Waals surface area contributed by atoms with Crippen molar-refractivity contribution in [3.05, 3.63) is 68.6 Å². The van der Waals surface area contributed by atoms with Crippen molar-refractivity contribution in [2.75, 3.05) is 19.6 Å². The van der Waals surface area contributed by atoms with E-state index >= 15 is 0 Å². The highest BCUT2D eigenvalue weighted by Gasteiger charge is 2.40. The lowest BCUT2D eigenvalue weighted by molar-refractivity contribution is -0.137. The molecule has 5 nitrogen and oxygen atoms in total. The van der Waals surface area contributed by atoms with E-state index in [1.165, 1.54) is 5.57 Å². The summed E-state index contributed by atoms with van der Waals surface area (Å²) < 4.78 is 2.74. The average molecular weight is 486 g/mol. The van der Waals surface area contributed by atoms with Gasteiger partial charge in [-0.1, -0.05) is 40.2 Å². The summed E-state index contributed by atoms with van der Waals surface area (Å²) in [5, 5.41) is 3.42. The number of nitrogens with one attached hydrogen (secondary N) is 1. The number of pyridine rings is 1. The van der Waals surface area contributed by atoms with Crippen molar-refractivity contribution >= 4 is 21.8 Å². The zero-order valence-corrected chi connectivity index (χ0v) is 19.8. The first-order chi connectivity index (χ1) is 15.0. The van der Waals surface area contributed by atoms with E-state index in [1.807, 2.05) is 12.3 Å². The zero-order chi connectivity index (χ0) is 21.8. The monoisotopic (exact) mass is 485 g/mol. The van der Waals surface area contributed by atoms with E-state index in [-0.39, 0.29) is 23.3 Å². The number of amides is 1. The molecule has 166 valence electrons. The van der Waals surface area contributed by atoms with Crippen molar-refractivity contribution in [2.45, 2.75) is 50.5 Å². The molecule has 1 saturated carbocycles. The molecule has 1 amide bonds. The summed E-state index contributed by atoms with van der Waals surface area (Å²) >= 11 is 3.68. The molecule has 31 heavy (non-hydrogen) atoms. The molecule has 1 aromatic rings. The van der Waals surface area contributed by atoms with Crippen LogP contribution in [0, 0.1) is 5.92 Å². The van der Waals surface area contributed by atoms with Gasteiger partial charge < -0.3 is 14.8 Å². The van der Waals surface area contributed by atoms with Crippen LogP contribution in [0.2, 0.25) is 0 Å². The van der Waals surface area contributed by atoms with Crippen LogP contribution >= 0.6 is 15.9 Å². The minimum absolute atomic E-state index is 0.0118. The number of hydrogen-bond acceptors (Lipinski definition) is 3. The van der Waals surface area contributed by atoms with Crippen molar-refractivity contribution < 1.29 is 4.79 Å². The van der Waals surface area contributed by atoms with Crippen molar-refractivity contribution in [3.8, 4) is 0 Å². The molecular weight excluding hydrogens is 454 g/mol. The largest absolute Gasteiger partial charge is 0.335 e. The van der Waals surface area contributed by atoms with Crippen LogP contribution in [0.5, 0.6) is 0 Å². The Hall–Kier alpha value is -1.92. The molecule has 0 aromatic carbocycles. The normalized spacial score (nSPS) is 27.2. The van der Waals surface area contributed by atoms with Gasteiger partial charge in [0.2, 0.25) is 5.91 Å². The molecule has 2 aliphatic carbocycles. The third-order valence-corrected chi connectivity index (χ3v) is 7.12. The number of aromatic nitrogens is 1. The summed E-state index contributed by atoms with van der Waals surface area (Å²) in [5.74, 6) is 0.202. The molecule has 2 heterocycles. The highest BCUT2D eigenvalue weighted by molar-refractivity contribution is 9.11. The number of carbonyl (C=O) groups excluding carboxylic acids is 1. The van der Waals surface area contributed by atoms with Crippen LogP contribution in [-0.2, 0) is 11.8 Å². The van der Waals surface area contributed by atoms with Crippen LogP contribution < -0.4 is 10.9 Å². The minimum atomic E-state index is -0.126. The zero-order valence-electron chi connectivity index (χ0n) is 18.2. The van der Waals surface area contributed by atoms with Gasteiger partial charge in [0.25, 0.3) is 5.56 Å². The Morgan fingerprint density at radius 2 is 2.13 bits per heavy atom. The van der Waals surface area contributed by atoms with Crippen LogP contribution in [0.3, 0.4) is 0 Å². The minimum Gasteiger partial charge on any atom is -0.335 e. The molecule has 2 fully saturated rings. The van der Waals surface area contributed by atoms with E-state index in [0.717, 1.165) is 55.1 Å². The van der Waals surface area contributed by atoms with Gasteiger partial charge in [-0.3, -0.25) is 9.59 Å². The molecule has 1 aliphatic heterocycles. The Morgan fingerprint density at radius 1 is 1.29 bits per heavy atom. The molecule has 0 bridgehead atoms. The quantitative estimate of drug-likeness (QED) is 0.640. The van der Waals surface area contributed by atoms with Crippen LogP contribution in [0.1, 0.15) is 50.0 Å². The summed E-state index contributed by atoms with van der Waals surface area (Å²) in [6.07, 6.45) is 16.5. The van der Waals surface area contributed by atoms with Crippen molar-refractivity contribution in [3.63, 3.8) is 0 Å². The summed E-state index contributed by atoms with van der Waals surface area (Å²) in [6.45, 7) is 2.25. The predicted octanol–water partition coefficient (Wildman–Crippen LogP) is 4.01. The lowest BCUT2D eigenvalue weighted by Gasteiger charge is -2.36. The molecule has 4 rings (SSSR count). The van der Waals surface area contributed by atoms with Crippen molar-refractivity contribution in [2.24, 2.45) is 13.0 Å². The lowest BCUT2D eigenvalue weighted by Crippen LogP contribution is -2.48. The third-order valence-electron chi connectivity index (χ3n) is 6.58. The van der Waals surface area contributed by atoms with Gasteiger partial charge >= 0.3 is 0 Å². The van der Waals surface area contributed by atoms with Gasteiger partial charge in [0.05, 0.1) is 5.92 Å². The third kappa shape index (κ3) is 5.66. The molecule has 6 heteroatoms. The number of carbonyl (C=O) groups is 1. The number of rotatable bonds is 5. The van der Waals surface area contributed by atoms with Crippen molar-refractivity contribution in [1.82, 2.24) is 14.8 Å². The topological polar surface area (TPSA) is 54.3 Å². The first-order valence-corrected chi connectivity index (χ1v) is 12.2. The number of piperidine rings is 1. The summed E-state index contributed by atoms with van der Waals surface area (Å²) in [4.78, 5) is 28.2. The Morgan fingerprint density at radius 3 is 2.90 bits per heavy atom. The predicted molar refractivity (Wildman–Crippen MR) is 128 cm³/mol. The Labute approximate surface area is 193 Å². The van der Waals surface area contributed by atoms with Crippen LogP contribution in [0.15, 0.2) is 57.5 Å². The molecule has 2 atom stereocenters. The lowest BCUT2D eigenvalue weighted by atomic mass is 9.80. The van der Waals surface area contributed by atoms with Gasteiger partial charge in [0.15, 0.2) is 0 Å². The second-order valence-corrected chi connectivity index (χ2v) is 9.99. The number of nitrogens with zero attached hydrogens (tertiary/aromatic N) is 2. The van der Waals surface area contributed by atoms with Gasteiger partial charge in [-0.05, 0) is 66.3 Å². The Balaban J connectivity index is 1.55. The molecule has 3 aliphatic rings. The number of hydrogen-bond donors (Lipinski definition) is 1. The summed E-state index contributed by atoms with van der Waals surface area (Å²) in [6, 6.07) is 4.08. The molecule has 0 spiro atoms. The second kappa shape index (κ2) is 10.1. The van der Waals surface area contributed by atoms with Crippen LogP contribution in [0.4, 0.5) is 0 Å². The Bertz CT molecular complexity index is 958. The highest BCUT2D eigenvalue weighted by atomic mass is 79.9. The molecular formula is C25H32BrN3O2. The van der Waals surface area contributed by atoms with Gasteiger partial charge in [0.1, 0.15) is 0 Å². The number of aryl methyl sites for hydroxylation is 1. The number of allylic oxidation sites excluding steroid dienone is 5. The van der Waals surface area contributed by atoms with Gasteiger partial charge in [-0.15, -0.1) is 0 Å². The number of halogens is 1.